The summed E-state index contributed by atoms with van der Waals surface area (Å²) in [5.74, 6) is -0.466. The van der Waals surface area contributed by atoms with Crippen molar-refractivity contribution in [1.29, 1.82) is 0 Å². The summed E-state index contributed by atoms with van der Waals surface area (Å²) in [6.45, 7) is 2.66. The molecule has 2 aliphatic rings. The van der Waals surface area contributed by atoms with Crippen molar-refractivity contribution >= 4 is 17.3 Å². The van der Waals surface area contributed by atoms with E-state index in [0.29, 0.717) is 17.4 Å². The van der Waals surface area contributed by atoms with Crippen molar-refractivity contribution in [3.05, 3.63) is 15.6 Å². The van der Waals surface area contributed by atoms with E-state index in [-0.39, 0.29) is 5.60 Å². The molecule has 0 saturated heterocycles. The molecule has 4 nitrogen and oxygen atoms in total. The van der Waals surface area contributed by atoms with E-state index in [2.05, 4.69) is 0 Å². The number of carboxylic acid groups (broad SMARTS) is 1. The molecular formula is C15H21NO3S. The number of carboxylic acids is 1. The number of carbonyl (C=O) groups is 1. The minimum absolute atomic E-state index is 0.324. The SMILES string of the molecule is CCOC1(c2nc(C3CC3)c(C(=O)O)s2)CCCCC1. The molecule has 0 unspecified atom stereocenters. The van der Waals surface area contributed by atoms with Gasteiger partial charge in [0, 0.05) is 12.5 Å². The minimum Gasteiger partial charge on any atom is -0.477 e. The van der Waals surface area contributed by atoms with Crippen molar-refractivity contribution in [2.24, 2.45) is 0 Å². The van der Waals surface area contributed by atoms with E-state index in [0.717, 1.165) is 49.2 Å². The third-order valence-corrected chi connectivity index (χ3v) is 5.53. The monoisotopic (exact) mass is 295 g/mol. The molecule has 2 saturated carbocycles. The van der Waals surface area contributed by atoms with Gasteiger partial charge in [-0.25, -0.2) is 9.78 Å². The maximum atomic E-state index is 11.4. The Morgan fingerprint density at radius 3 is 2.65 bits per heavy atom. The zero-order valence-electron chi connectivity index (χ0n) is 11.9. The number of aromatic nitrogens is 1. The fraction of sp³-hybridized carbons (Fsp3) is 0.733. The number of thiazole rings is 1. The number of hydrogen-bond acceptors (Lipinski definition) is 4. The zero-order chi connectivity index (χ0) is 14.2. The van der Waals surface area contributed by atoms with Gasteiger partial charge in [0.05, 0.1) is 5.69 Å². The molecule has 5 heteroatoms. The molecule has 0 amide bonds. The van der Waals surface area contributed by atoms with E-state index in [9.17, 15) is 9.90 Å². The average molecular weight is 295 g/mol. The Morgan fingerprint density at radius 1 is 1.40 bits per heavy atom. The summed E-state index contributed by atoms with van der Waals surface area (Å²) in [7, 11) is 0. The molecule has 1 aromatic rings. The van der Waals surface area contributed by atoms with Gasteiger partial charge >= 0.3 is 5.97 Å². The average Bonchev–Trinajstić information content (AvgIpc) is 3.18. The van der Waals surface area contributed by atoms with Gasteiger partial charge in [-0.05, 0) is 32.6 Å². The molecule has 0 aromatic carbocycles. The molecule has 2 fully saturated rings. The minimum atomic E-state index is -0.835. The highest BCUT2D eigenvalue weighted by Crippen LogP contribution is 2.47. The van der Waals surface area contributed by atoms with Crippen LogP contribution < -0.4 is 0 Å². The molecular weight excluding hydrogens is 274 g/mol. The summed E-state index contributed by atoms with van der Waals surface area (Å²) >= 11 is 1.35. The van der Waals surface area contributed by atoms with Gasteiger partial charge in [0.25, 0.3) is 0 Å². The molecule has 3 rings (SSSR count). The van der Waals surface area contributed by atoms with Crippen LogP contribution in [0.15, 0.2) is 0 Å². The predicted octanol–water partition coefficient (Wildman–Crippen LogP) is 3.91. The molecule has 1 N–H and O–H groups in total. The summed E-state index contributed by atoms with van der Waals surface area (Å²) in [5.41, 5.74) is 0.483. The van der Waals surface area contributed by atoms with Crippen molar-refractivity contribution in [1.82, 2.24) is 4.98 Å². The largest absolute Gasteiger partial charge is 0.477 e. The van der Waals surface area contributed by atoms with Gasteiger partial charge in [0.2, 0.25) is 0 Å². The first kappa shape index (κ1) is 14.0. The Kier molecular flexibility index (Phi) is 3.82. The first-order valence-electron chi connectivity index (χ1n) is 7.55. The Bertz CT molecular complexity index is 496. The van der Waals surface area contributed by atoms with E-state index in [1.807, 2.05) is 6.92 Å². The summed E-state index contributed by atoms with van der Waals surface area (Å²) in [5, 5.41) is 10.3. The van der Waals surface area contributed by atoms with Crippen molar-refractivity contribution < 1.29 is 14.6 Å². The van der Waals surface area contributed by atoms with E-state index in [1.54, 1.807) is 0 Å². The highest BCUT2D eigenvalue weighted by molar-refractivity contribution is 7.13. The third kappa shape index (κ3) is 2.49. The van der Waals surface area contributed by atoms with Gasteiger partial charge in [-0.2, -0.15) is 0 Å². The Morgan fingerprint density at radius 2 is 2.10 bits per heavy atom. The van der Waals surface area contributed by atoms with Gasteiger partial charge in [0.15, 0.2) is 0 Å². The Hall–Kier alpha value is -0.940. The second-order valence-electron chi connectivity index (χ2n) is 5.80. The van der Waals surface area contributed by atoms with Crippen LogP contribution in [0.1, 0.15) is 78.2 Å². The number of hydrogen-bond donors (Lipinski definition) is 1. The quantitative estimate of drug-likeness (QED) is 0.894. The lowest BCUT2D eigenvalue weighted by Crippen LogP contribution is -2.32. The maximum Gasteiger partial charge on any atom is 0.347 e. The number of aromatic carboxylic acids is 1. The Labute approximate surface area is 123 Å². The molecule has 1 heterocycles. The van der Waals surface area contributed by atoms with Gasteiger partial charge in [-0.3, -0.25) is 0 Å². The summed E-state index contributed by atoms with van der Waals surface area (Å²) in [4.78, 5) is 16.6. The third-order valence-electron chi connectivity index (χ3n) is 4.28. The molecule has 0 bridgehead atoms. The van der Waals surface area contributed by atoms with Crippen LogP contribution in [0.5, 0.6) is 0 Å². The van der Waals surface area contributed by atoms with Crippen LogP contribution in [0.3, 0.4) is 0 Å². The highest BCUT2D eigenvalue weighted by atomic mass is 32.1. The van der Waals surface area contributed by atoms with Gasteiger partial charge in [0.1, 0.15) is 15.5 Å². The first-order chi connectivity index (χ1) is 9.66. The summed E-state index contributed by atoms with van der Waals surface area (Å²) < 4.78 is 6.06. The highest BCUT2D eigenvalue weighted by Gasteiger charge is 2.41. The molecule has 0 radical (unpaired) electrons. The van der Waals surface area contributed by atoms with Crippen LogP contribution in [-0.4, -0.2) is 22.7 Å². The van der Waals surface area contributed by atoms with E-state index in [4.69, 9.17) is 9.72 Å². The van der Waals surface area contributed by atoms with Crippen molar-refractivity contribution in [2.75, 3.05) is 6.61 Å². The second kappa shape index (κ2) is 5.45. The number of nitrogens with zero attached hydrogens (tertiary/aromatic N) is 1. The summed E-state index contributed by atoms with van der Waals surface area (Å²) in [6, 6.07) is 0. The predicted molar refractivity (Wildman–Crippen MR) is 77.4 cm³/mol. The normalized spacial score (nSPS) is 21.9. The lowest BCUT2D eigenvalue weighted by Gasteiger charge is -2.35. The molecule has 1 aromatic heterocycles. The van der Waals surface area contributed by atoms with Crippen LogP contribution in [0.25, 0.3) is 0 Å². The zero-order valence-corrected chi connectivity index (χ0v) is 12.7. The van der Waals surface area contributed by atoms with Crippen LogP contribution in [0, 0.1) is 0 Å². The molecule has 20 heavy (non-hydrogen) atoms. The lowest BCUT2D eigenvalue weighted by molar-refractivity contribution is -0.0705. The molecule has 0 atom stereocenters. The van der Waals surface area contributed by atoms with E-state index < -0.39 is 5.97 Å². The van der Waals surface area contributed by atoms with Crippen LogP contribution in [-0.2, 0) is 10.3 Å². The molecule has 0 spiro atoms. The second-order valence-corrected chi connectivity index (χ2v) is 6.80. The van der Waals surface area contributed by atoms with E-state index >= 15 is 0 Å². The smallest absolute Gasteiger partial charge is 0.347 e. The van der Waals surface area contributed by atoms with E-state index in [1.165, 1.54) is 17.8 Å². The van der Waals surface area contributed by atoms with Gasteiger partial charge in [-0.1, -0.05) is 19.3 Å². The molecule has 110 valence electrons. The molecule has 2 aliphatic carbocycles. The standard InChI is InChI=1S/C15H21NO3S/c1-2-19-15(8-4-3-5-9-15)14-16-11(10-6-7-10)12(20-14)13(17)18/h10H,2-9H2,1H3,(H,17,18). The summed E-state index contributed by atoms with van der Waals surface area (Å²) in [6.07, 6.45) is 7.61. The van der Waals surface area contributed by atoms with Crippen LogP contribution >= 0.6 is 11.3 Å². The Balaban J connectivity index is 1.98. The fourth-order valence-corrected chi connectivity index (χ4v) is 4.32. The van der Waals surface area contributed by atoms with Crippen LogP contribution in [0.2, 0.25) is 0 Å². The van der Waals surface area contributed by atoms with Crippen molar-refractivity contribution in [3.8, 4) is 0 Å². The number of ether oxygens (including phenoxy) is 1. The van der Waals surface area contributed by atoms with Crippen molar-refractivity contribution in [2.45, 2.75) is 63.4 Å². The first-order valence-corrected chi connectivity index (χ1v) is 8.36. The number of rotatable bonds is 5. The van der Waals surface area contributed by atoms with Crippen molar-refractivity contribution in [3.63, 3.8) is 0 Å². The molecule has 0 aliphatic heterocycles. The topological polar surface area (TPSA) is 59.4 Å². The lowest BCUT2D eigenvalue weighted by atomic mass is 9.85. The fourth-order valence-electron chi connectivity index (χ4n) is 3.13. The van der Waals surface area contributed by atoms with Gasteiger partial charge in [-0.15, -0.1) is 11.3 Å². The maximum absolute atomic E-state index is 11.4. The van der Waals surface area contributed by atoms with Crippen LogP contribution in [0.4, 0.5) is 0 Å². The van der Waals surface area contributed by atoms with Gasteiger partial charge < -0.3 is 9.84 Å².